The fourth-order valence-corrected chi connectivity index (χ4v) is 11.5. The highest BCUT2D eigenvalue weighted by molar-refractivity contribution is 5.81. The lowest BCUT2D eigenvalue weighted by atomic mass is 9.51. The maximum Gasteiger partial charge on any atom is 0.308 e. The Morgan fingerprint density at radius 3 is 2.02 bits per heavy atom. The quantitative estimate of drug-likeness (QED) is 0.452. The van der Waals surface area contributed by atoms with Crippen molar-refractivity contribution in [3.63, 3.8) is 0 Å². The molecule has 9 rings (SSSR count). The second kappa shape index (κ2) is 10.9. The highest BCUT2D eigenvalue weighted by Crippen LogP contribution is 2.60. The van der Waals surface area contributed by atoms with Gasteiger partial charge in [-0.25, -0.2) is 4.98 Å². The van der Waals surface area contributed by atoms with Crippen molar-refractivity contribution >= 4 is 23.0 Å². The van der Waals surface area contributed by atoms with Gasteiger partial charge >= 0.3 is 11.9 Å². The number of aliphatic carboxylic acids is 2. The summed E-state index contributed by atoms with van der Waals surface area (Å²) in [5, 5.41) is 19.0. The lowest BCUT2D eigenvalue weighted by Crippen LogP contribution is -2.68. The summed E-state index contributed by atoms with van der Waals surface area (Å²) < 4.78 is 2.09. The molecule has 5 atom stereocenters. The minimum absolute atomic E-state index is 0.0169. The van der Waals surface area contributed by atoms with Gasteiger partial charge in [-0.1, -0.05) is 18.6 Å². The lowest BCUT2D eigenvalue weighted by Gasteiger charge is -2.66. The zero-order valence-corrected chi connectivity index (χ0v) is 25.6. The van der Waals surface area contributed by atoms with Gasteiger partial charge in [-0.05, 0) is 113 Å². The average Bonchev–Trinajstić information content (AvgIpc) is 3.41. The number of piperidine rings is 2. The summed E-state index contributed by atoms with van der Waals surface area (Å²) >= 11 is 0. The molecule has 9 heteroatoms. The summed E-state index contributed by atoms with van der Waals surface area (Å²) in [5.41, 5.74) is 2.78. The van der Waals surface area contributed by atoms with Gasteiger partial charge in [-0.2, -0.15) is 0 Å². The summed E-state index contributed by atoms with van der Waals surface area (Å²) in [4.78, 5) is 47.3. The Bertz CT molecular complexity index is 1450. The topological polar surface area (TPSA) is 116 Å². The van der Waals surface area contributed by atoms with Gasteiger partial charge in [0.05, 0.1) is 22.9 Å². The van der Waals surface area contributed by atoms with Gasteiger partial charge in [0.25, 0.3) is 5.56 Å². The van der Waals surface area contributed by atoms with E-state index in [1.165, 1.54) is 57.8 Å². The van der Waals surface area contributed by atoms with E-state index in [0.717, 1.165) is 41.6 Å². The number of fused-ring (bicyclic) bond motifs is 3. The number of likely N-dealkylation sites (tertiary alicyclic amines) is 1. The van der Waals surface area contributed by atoms with E-state index in [0.29, 0.717) is 42.7 Å². The molecule has 2 N–H and O–H groups in total. The van der Waals surface area contributed by atoms with Gasteiger partial charge in [0, 0.05) is 36.8 Å². The third-order valence-corrected chi connectivity index (χ3v) is 12.6. The van der Waals surface area contributed by atoms with Gasteiger partial charge < -0.3 is 19.7 Å². The fourth-order valence-electron chi connectivity index (χ4n) is 11.5. The zero-order valence-electron chi connectivity index (χ0n) is 25.6. The van der Waals surface area contributed by atoms with E-state index >= 15 is 0 Å². The van der Waals surface area contributed by atoms with Crippen LogP contribution in [0.4, 0.5) is 0 Å². The number of para-hydroxylation sites is 2. The van der Waals surface area contributed by atoms with Crippen LogP contribution in [0.15, 0.2) is 29.1 Å². The molecule has 4 heterocycles. The first-order chi connectivity index (χ1) is 21.3. The normalized spacial score (nSPS) is 38.4. The van der Waals surface area contributed by atoms with Crippen LogP contribution in [0.5, 0.6) is 0 Å². The Labute approximate surface area is 258 Å². The number of hydrogen-bond acceptors (Lipinski definition) is 6. The molecular weight excluding hydrogens is 556 g/mol. The molecule has 4 aliphatic carbocycles. The molecule has 4 saturated carbocycles. The fraction of sp³-hybridized carbons (Fsp3) is 0.714. The molecule has 7 fully saturated rings. The first-order valence-electron chi connectivity index (χ1n) is 17.2. The third-order valence-electron chi connectivity index (χ3n) is 12.6. The summed E-state index contributed by atoms with van der Waals surface area (Å²) in [5.74, 6) is -1.12. The van der Waals surface area contributed by atoms with Gasteiger partial charge in [-0.15, -0.1) is 0 Å². The number of aromatic nitrogens is 2. The van der Waals surface area contributed by atoms with Crippen LogP contribution in [0.25, 0.3) is 11.0 Å². The van der Waals surface area contributed by atoms with Crippen molar-refractivity contribution in [2.45, 2.75) is 107 Å². The van der Waals surface area contributed by atoms with Gasteiger partial charge in [0.2, 0.25) is 0 Å². The van der Waals surface area contributed by atoms with Crippen molar-refractivity contribution in [2.24, 2.45) is 29.6 Å². The predicted octanol–water partition coefficient (Wildman–Crippen LogP) is 4.57. The standard InChI is InChI=1S/C35H46N4O5/c40-32-30(8-4-10-37-19-27(33(41)42)28(20-37)34(43)44)36-29-7-1-2-9-31(29)38(32)26-14-24-5-3-6-25(15-26)39(24)35-16-21-11-22(17-35)13-23(12-21)18-35/h1-2,7,9,21-28H,3-6,8,10-20H2,(H,41,42)(H,43,44)/t21?,22?,23?,24-,25+,26?,27-,28-,35?/m1/s1. The van der Waals surface area contributed by atoms with Crippen molar-refractivity contribution < 1.29 is 19.8 Å². The largest absolute Gasteiger partial charge is 0.481 e. The number of carboxylic acids is 2. The summed E-state index contributed by atoms with van der Waals surface area (Å²) in [6.45, 7) is 1.01. The second-order valence-corrected chi connectivity index (χ2v) is 15.4. The van der Waals surface area contributed by atoms with E-state index < -0.39 is 23.8 Å². The van der Waals surface area contributed by atoms with E-state index in [1.807, 2.05) is 23.1 Å². The minimum atomic E-state index is -1.06. The van der Waals surface area contributed by atoms with Crippen LogP contribution in [0, 0.1) is 29.6 Å². The van der Waals surface area contributed by atoms with Crippen LogP contribution in [0.3, 0.4) is 0 Å². The molecule has 3 saturated heterocycles. The Morgan fingerprint density at radius 1 is 0.841 bits per heavy atom. The summed E-state index contributed by atoms with van der Waals surface area (Å²) in [6.07, 6.45) is 15.6. The van der Waals surface area contributed by atoms with Crippen molar-refractivity contribution in [2.75, 3.05) is 19.6 Å². The number of nitrogens with zero attached hydrogens (tertiary/aromatic N) is 4. The molecule has 0 spiro atoms. The number of rotatable bonds is 8. The van der Waals surface area contributed by atoms with Crippen LogP contribution in [-0.2, 0) is 16.0 Å². The maximum absolute atomic E-state index is 14.2. The molecule has 1 aromatic heterocycles. The van der Waals surface area contributed by atoms with E-state index in [1.54, 1.807) is 0 Å². The average molecular weight is 603 g/mol. The molecule has 9 nitrogen and oxygen atoms in total. The van der Waals surface area contributed by atoms with Gasteiger partial charge in [0.1, 0.15) is 5.69 Å². The van der Waals surface area contributed by atoms with Crippen LogP contribution in [-0.4, -0.2) is 78.8 Å². The first kappa shape index (κ1) is 28.7. The predicted molar refractivity (Wildman–Crippen MR) is 165 cm³/mol. The smallest absolute Gasteiger partial charge is 0.308 e. The lowest BCUT2D eigenvalue weighted by molar-refractivity contribution is -0.151. The zero-order chi connectivity index (χ0) is 30.2. The Balaban J connectivity index is 1.03. The Kier molecular flexibility index (Phi) is 7.13. The molecule has 1 unspecified atom stereocenters. The third kappa shape index (κ3) is 4.80. The van der Waals surface area contributed by atoms with Crippen molar-refractivity contribution in [3.05, 3.63) is 40.3 Å². The van der Waals surface area contributed by atoms with E-state index in [2.05, 4.69) is 15.5 Å². The number of aryl methyl sites for hydroxylation is 1. The number of benzene rings is 1. The highest BCUT2D eigenvalue weighted by Gasteiger charge is 2.58. The van der Waals surface area contributed by atoms with Crippen LogP contribution >= 0.6 is 0 Å². The van der Waals surface area contributed by atoms with Gasteiger partial charge in [0.15, 0.2) is 0 Å². The molecule has 2 aromatic rings. The highest BCUT2D eigenvalue weighted by atomic mass is 16.4. The van der Waals surface area contributed by atoms with Gasteiger partial charge in [-0.3, -0.25) is 19.3 Å². The SMILES string of the molecule is O=C(O)[C@@H]1CN(CCCc2nc3ccccc3n(C3C[C@H]4CCC[C@@H](C3)N4C34CC5CC(CC(C5)C3)C4)c2=O)C[C@H]1C(=O)O. The van der Waals surface area contributed by atoms with Crippen molar-refractivity contribution in [3.8, 4) is 0 Å². The molecule has 3 aliphatic heterocycles. The van der Waals surface area contributed by atoms with Crippen LogP contribution in [0.2, 0.25) is 0 Å². The van der Waals surface area contributed by atoms with E-state index in [9.17, 15) is 24.6 Å². The first-order valence-corrected chi connectivity index (χ1v) is 17.2. The maximum atomic E-state index is 14.2. The molecule has 44 heavy (non-hydrogen) atoms. The van der Waals surface area contributed by atoms with Crippen molar-refractivity contribution in [1.29, 1.82) is 0 Å². The molecule has 7 aliphatic rings. The molecule has 0 radical (unpaired) electrons. The number of hydrogen-bond donors (Lipinski definition) is 2. The molecule has 236 valence electrons. The summed E-state index contributed by atoms with van der Waals surface area (Å²) in [7, 11) is 0. The van der Waals surface area contributed by atoms with Crippen LogP contribution in [0.1, 0.15) is 88.8 Å². The van der Waals surface area contributed by atoms with Crippen LogP contribution < -0.4 is 5.56 Å². The summed E-state index contributed by atoms with van der Waals surface area (Å²) in [6, 6.07) is 9.32. The second-order valence-electron chi connectivity index (χ2n) is 15.4. The molecule has 0 amide bonds. The monoisotopic (exact) mass is 602 g/mol. The van der Waals surface area contributed by atoms with E-state index in [-0.39, 0.29) is 24.7 Å². The molecular formula is C35H46N4O5. The Hall–Kier alpha value is -2.78. The molecule has 1 aromatic carbocycles. The number of carboxylic acid groups (broad SMARTS) is 2. The minimum Gasteiger partial charge on any atom is -0.481 e. The van der Waals surface area contributed by atoms with Crippen molar-refractivity contribution in [1.82, 2.24) is 19.4 Å². The Morgan fingerprint density at radius 2 is 1.43 bits per heavy atom. The molecule has 6 bridgehead atoms. The number of carbonyl (C=O) groups is 2. The van der Waals surface area contributed by atoms with E-state index in [4.69, 9.17) is 4.98 Å².